The molecule has 6 heteroatoms. The first-order valence-electron chi connectivity index (χ1n) is 6.06. The Bertz CT molecular complexity index is 699. The normalized spacial score (nSPS) is 10.2. The van der Waals surface area contributed by atoms with Gasteiger partial charge in [0.25, 0.3) is 5.91 Å². The van der Waals surface area contributed by atoms with Gasteiger partial charge in [-0.1, -0.05) is 11.6 Å². The highest BCUT2D eigenvalue weighted by molar-refractivity contribution is 6.31. The minimum absolute atomic E-state index is 0.193. The summed E-state index contributed by atoms with van der Waals surface area (Å²) in [5, 5.41) is 9.31. The number of carbonyl (C=O) groups excluding carboxylic acids is 1. The number of aromatic carboxylic acids is 1. The molecule has 2 rings (SSSR count). The van der Waals surface area contributed by atoms with Crippen LogP contribution in [-0.2, 0) is 0 Å². The van der Waals surface area contributed by atoms with E-state index >= 15 is 0 Å². The van der Waals surface area contributed by atoms with Gasteiger partial charge in [0.15, 0.2) is 0 Å². The van der Waals surface area contributed by atoms with Gasteiger partial charge in [0.2, 0.25) is 0 Å². The number of nitrogens with two attached hydrogens (primary N) is 1. The van der Waals surface area contributed by atoms with Crippen LogP contribution >= 0.6 is 11.6 Å². The van der Waals surface area contributed by atoms with E-state index in [-0.39, 0.29) is 5.56 Å². The number of nitrogens with zero attached hydrogens (tertiary/aromatic N) is 1. The summed E-state index contributed by atoms with van der Waals surface area (Å²) in [6.45, 7) is 0. The van der Waals surface area contributed by atoms with E-state index in [0.29, 0.717) is 16.3 Å². The minimum atomic E-state index is -0.992. The topological polar surface area (TPSA) is 83.6 Å². The lowest BCUT2D eigenvalue weighted by molar-refractivity contribution is 0.0696. The van der Waals surface area contributed by atoms with Crippen molar-refractivity contribution in [3.8, 4) is 0 Å². The van der Waals surface area contributed by atoms with E-state index in [1.165, 1.54) is 18.2 Å². The molecule has 0 heterocycles. The Hall–Kier alpha value is -2.53. The zero-order chi connectivity index (χ0) is 15.6. The Balaban J connectivity index is 2.42. The van der Waals surface area contributed by atoms with Crippen molar-refractivity contribution in [2.75, 3.05) is 11.9 Å². The van der Waals surface area contributed by atoms with E-state index in [4.69, 9.17) is 22.4 Å². The summed E-state index contributed by atoms with van der Waals surface area (Å²) in [7, 11) is 1.76. The fraction of sp³-hybridized carbons (Fsp3) is 0.0667. The first-order chi connectivity index (χ1) is 9.90. The number of hydrogen-bond acceptors (Lipinski definition) is 3. The van der Waals surface area contributed by atoms with Crippen LogP contribution in [0.4, 0.5) is 11.4 Å². The predicted octanol–water partition coefficient (Wildman–Crippen LogP) is 2.91. The van der Waals surface area contributed by atoms with E-state index in [0.717, 1.165) is 5.69 Å². The van der Waals surface area contributed by atoms with E-state index in [2.05, 4.69) is 0 Å². The molecule has 2 aromatic carbocycles. The van der Waals surface area contributed by atoms with Crippen molar-refractivity contribution in [2.45, 2.75) is 0 Å². The number of rotatable bonds is 4. The van der Waals surface area contributed by atoms with Gasteiger partial charge in [-0.25, -0.2) is 4.79 Å². The second-order valence-electron chi connectivity index (χ2n) is 4.44. The summed E-state index contributed by atoms with van der Waals surface area (Å²) < 4.78 is 0. The molecule has 0 unspecified atom stereocenters. The van der Waals surface area contributed by atoms with Crippen molar-refractivity contribution >= 4 is 34.9 Å². The number of halogens is 1. The molecule has 0 aliphatic heterocycles. The van der Waals surface area contributed by atoms with Gasteiger partial charge in [-0.3, -0.25) is 4.79 Å². The first kappa shape index (κ1) is 14.9. The first-order valence-corrected chi connectivity index (χ1v) is 6.44. The van der Waals surface area contributed by atoms with Crippen LogP contribution in [0.15, 0.2) is 42.5 Å². The maximum atomic E-state index is 11.5. The summed E-state index contributed by atoms with van der Waals surface area (Å²) in [6, 6.07) is 11.1. The number of anilines is 2. The Labute approximate surface area is 126 Å². The van der Waals surface area contributed by atoms with E-state index in [9.17, 15) is 9.59 Å². The second-order valence-corrected chi connectivity index (χ2v) is 4.87. The third-order valence-electron chi connectivity index (χ3n) is 3.09. The molecule has 0 aliphatic rings. The molecular formula is C15H13ClN2O3. The third-order valence-corrected chi connectivity index (χ3v) is 3.32. The minimum Gasteiger partial charge on any atom is -0.478 e. The lowest BCUT2D eigenvalue weighted by atomic mass is 10.1. The number of carboxylic acid groups (broad SMARTS) is 1. The summed E-state index contributed by atoms with van der Waals surface area (Å²) >= 11 is 5.88. The molecule has 0 radical (unpaired) electrons. The van der Waals surface area contributed by atoms with Gasteiger partial charge in [-0.15, -0.1) is 0 Å². The average Bonchev–Trinajstić information content (AvgIpc) is 2.46. The number of carboxylic acids is 1. The van der Waals surface area contributed by atoms with Gasteiger partial charge in [-0.05, 0) is 42.5 Å². The van der Waals surface area contributed by atoms with Crippen LogP contribution in [0.5, 0.6) is 0 Å². The number of amides is 1. The van der Waals surface area contributed by atoms with Crippen molar-refractivity contribution in [3.05, 3.63) is 58.6 Å². The molecular weight excluding hydrogens is 292 g/mol. The van der Waals surface area contributed by atoms with Crippen LogP contribution in [0.3, 0.4) is 0 Å². The molecule has 21 heavy (non-hydrogen) atoms. The number of carbonyl (C=O) groups is 2. The zero-order valence-corrected chi connectivity index (χ0v) is 12.0. The van der Waals surface area contributed by atoms with Crippen molar-refractivity contribution in [1.82, 2.24) is 0 Å². The van der Waals surface area contributed by atoms with Crippen LogP contribution in [0.2, 0.25) is 5.02 Å². The van der Waals surface area contributed by atoms with Crippen LogP contribution in [-0.4, -0.2) is 24.0 Å². The molecule has 0 atom stereocenters. The third kappa shape index (κ3) is 3.14. The van der Waals surface area contributed by atoms with Crippen molar-refractivity contribution in [1.29, 1.82) is 0 Å². The number of benzene rings is 2. The average molecular weight is 305 g/mol. The molecule has 3 N–H and O–H groups in total. The largest absolute Gasteiger partial charge is 0.478 e. The molecule has 1 amide bonds. The van der Waals surface area contributed by atoms with Crippen molar-refractivity contribution in [2.24, 2.45) is 5.73 Å². The summed E-state index contributed by atoms with van der Waals surface area (Å²) in [5.74, 6) is -1.57. The molecule has 2 aromatic rings. The Morgan fingerprint density at radius 1 is 1.14 bits per heavy atom. The molecule has 0 fully saturated rings. The van der Waals surface area contributed by atoms with Gasteiger partial charge in [0.05, 0.1) is 16.8 Å². The summed E-state index contributed by atoms with van der Waals surface area (Å²) in [4.78, 5) is 24.1. The lowest BCUT2D eigenvalue weighted by Gasteiger charge is -2.22. The molecule has 0 saturated carbocycles. The Morgan fingerprint density at radius 2 is 1.76 bits per heavy atom. The standard InChI is InChI=1S/C15H13ClN2O3/c1-18(11-5-2-9(3-6-11)15(20)21)13-7-4-10(16)8-12(13)14(17)19/h2-8H,1H3,(H2,17,19)(H,20,21). The maximum absolute atomic E-state index is 11.5. The highest BCUT2D eigenvalue weighted by Crippen LogP contribution is 2.29. The quantitative estimate of drug-likeness (QED) is 0.909. The predicted molar refractivity (Wildman–Crippen MR) is 81.4 cm³/mol. The van der Waals surface area contributed by atoms with Gasteiger partial charge in [0, 0.05) is 17.8 Å². The van der Waals surface area contributed by atoms with Gasteiger partial charge < -0.3 is 15.7 Å². The van der Waals surface area contributed by atoms with Crippen LogP contribution < -0.4 is 10.6 Å². The Kier molecular flexibility index (Phi) is 4.14. The van der Waals surface area contributed by atoms with Crippen LogP contribution in [0.25, 0.3) is 0 Å². The molecule has 0 aliphatic carbocycles. The van der Waals surface area contributed by atoms with Crippen LogP contribution in [0.1, 0.15) is 20.7 Å². The van der Waals surface area contributed by atoms with Gasteiger partial charge in [0.1, 0.15) is 0 Å². The smallest absolute Gasteiger partial charge is 0.335 e. The van der Waals surface area contributed by atoms with Crippen LogP contribution in [0, 0.1) is 0 Å². The summed E-state index contributed by atoms with van der Waals surface area (Å²) in [6.07, 6.45) is 0. The van der Waals surface area contributed by atoms with Crippen molar-refractivity contribution < 1.29 is 14.7 Å². The maximum Gasteiger partial charge on any atom is 0.335 e. The molecule has 0 spiro atoms. The molecule has 0 saturated heterocycles. The SMILES string of the molecule is CN(c1ccc(C(=O)O)cc1)c1ccc(Cl)cc1C(N)=O. The fourth-order valence-electron chi connectivity index (χ4n) is 1.96. The molecule has 0 bridgehead atoms. The van der Waals surface area contributed by atoms with Gasteiger partial charge >= 0.3 is 5.97 Å². The Morgan fingerprint density at radius 3 is 2.29 bits per heavy atom. The highest BCUT2D eigenvalue weighted by Gasteiger charge is 2.14. The van der Waals surface area contributed by atoms with E-state index in [1.807, 2.05) is 0 Å². The molecule has 0 aromatic heterocycles. The van der Waals surface area contributed by atoms with E-state index in [1.54, 1.807) is 36.2 Å². The monoisotopic (exact) mass is 304 g/mol. The zero-order valence-electron chi connectivity index (χ0n) is 11.2. The number of primary amides is 1. The van der Waals surface area contributed by atoms with Crippen molar-refractivity contribution in [3.63, 3.8) is 0 Å². The molecule has 108 valence electrons. The second kappa shape index (κ2) is 5.85. The number of hydrogen-bond donors (Lipinski definition) is 2. The highest BCUT2D eigenvalue weighted by atomic mass is 35.5. The van der Waals surface area contributed by atoms with E-state index < -0.39 is 11.9 Å². The fourth-order valence-corrected chi connectivity index (χ4v) is 2.14. The lowest BCUT2D eigenvalue weighted by Crippen LogP contribution is -2.18. The van der Waals surface area contributed by atoms with Gasteiger partial charge in [-0.2, -0.15) is 0 Å². The summed E-state index contributed by atoms with van der Waals surface area (Å²) in [5.41, 5.74) is 7.17. The molecule has 5 nitrogen and oxygen atoms in total.